The first-order chi connectivity index (χ1) is 12.8. The number of para-hydroxylation sites is 1. The third-order valence-electron chi connectivity index (χ3n) is 4.47. The molecule has 2 aliphatic heterocycles. The summed E-state index contributed by atoms with van der Waals surface area (Å²) in [6.45, 7) is 4.99. The summed E-state index contributed by atoms with van der Waals surface area (Å²) in [5, 5.41) is 11.8. The van der Waals surface area contributed by atoms with Crippen LogP contribution in [0.4, 0.5) is 5.69 Å². The molecule has 0 atom stereocenters. The summed E-state index contributed by atoms with van der Waals surface area (Å²) in [6.07, 6.45) is 5.81. The van der Waals surface area contributed by atoms with E-state index in [9.17, 15) is 0 Å². The second-order valence-electron chi connectivity index (χ2n) is 5.92. The van der Waals surface area contributed by atoms with Crippen LogP contribution in [0.3, 0.4) is 0 Å². The first kappa shape index (κ1) is 17.8. The summed E-state index contributed by atoms with van der Waals surface area (Å²) in [7, 11) is 1.00. The van der Waals surface area contributed by atoms with Gasteiger partial charge in [-0.25, -0.2) is 0 Å². The van der Waals surface area contributed by atoms with Gasteiger partial charge in [0, 0.05) is 42.5 Å². The molecular formula is C21H23N4O+. The van der Waals surface area contributed by atoms with E-state index >= 15 is 0 Å². The molecule has 5 heteroatoms. The Labute approximate surface area is 153 Å². The zero-order valence-corrected chi connectivity index (χ0v) is 14.9. The van der Waals surface area contributed by atoms with Crippen LogP contribution in [0.2, 0.25) is 0 Å². The van der Waals surface area contributed by atoms with Gasteiger partial charge < -0.3 is 10.8 Å². The molecule has 2 aromatic rings. The fraction of sp³-hybridized carbons (Fsp3) is 0.190. The van der Waals surface area contributed by atoms with E-state index in [2.05, 4.69) is 16.2 Å². The van der Waals surface area contributed by atoms with Crippen molar-refractivity contribution in [2.45, 2.75) is 12.8 Å². The minimum absolute atomic E-state index is 0.748. The zero-order chi connectivity index (χ0) is 18.5. The normalized spacial score (nSPS) is 17.2. The summed E-state index contributed by atoms with van der Waals surface area (Å²) in [5.74, 6) is 0. The molecule has 5 nitrogen and oxygen atoms in total. The Kier molecular flexibility index (Phi) is 5.39. The van der Waals surface area contributed by atoms with Crippen molar-refractivity contribution in [1.29, 1.82) is 0 Å². The van der Waals surface area contributed by atoms with E-state index in [1.54, 1.807) is 6.20 Å². The first-order valence-electron chi connectivity index (χ1n) is 8.60. The Balaban J connectivity index is 0.000000948. The molecule has 0 saturated heterocycles. The van der Waals surface area contributed by atoms with Crippen LogP contribution in [0, 0.1) is 0 Å². The summed E-state index contributed by atoms with van der Waals surface area (Å²) >= 11 is 0. The largest absolute Gasteiger partial charge is 0.400 e. The van der Waals surface area contributed by atoms with E-state index in [4.69, 9.17) is 15.9 Å². The molecule has 0 unspecified atom stereocenters. The van der Waals surface area contributed by atoms with Crippen LogP contribution in [0.5, 0.6) is 0 Å². The second-order valence-corrected chi connectivity index (χ2v) is 5.92. The third kappa shape index (κ3) is 3.09. The molecule has 0 amide bonds. The molecule has 0 saturated carbocycles. The van der Waals surface area contributed by atoms with Gasteiger partial charge in [0.25, 0.3) is 0 Å². The number of nitrogen functional groups attached to an aromatic ring is 1. The molecule has 3 heterocycles. The molecule has 26 heavy (non-hydrogen) atoms. The Hall–Kier alpha value is -3.05. The molecule has 4 rings (SSSR count). The van der Waals surface area contributed by atoms with Gasteiger partial charge in [-0.15, -0.1) is 0 Å². The van der Waals surface area contributed by atoms with E-state index in [-0.39, 0.29) is 0 Å². The van der Waals surface area contributed by atoms with E-state index < -0.39 is 0 Å². The number of aliphatic hydroxyl groups excluding tert-OH is 1. The highest BCUT2D eigenvalue weighted by atomic mass is 16.2. The SMILES string of the molecule is C=C/C(=C1\C(c2ccccn2)=N[N+]2=C1CCC2)c1ccccc1N.CO. The minimum atomic E-state index is 0.748. The van der Waals surface area contributed by atoms with Crippen LogP contribution in [0.1, 0.15) is 24.1 Å². The predicted octanol–water partition coefficient (Wildman–Crippen LogP) is 2.88. The Morgan fingerprint density at radius 3 is 2.65 bits per heavy atom. The van der Waals surface area contributed by atoms with Crippen LogP contribution in [-0.4, -0.2) is 39.9 Å². The van der Waals surface area contributed by atoms with E-state index in [0.29, 0.717) is 0 Å². The number of hydrazone groups is 1. The molecular weight excluding hydrogens is 324 g/mol. The van der Waals surface area contributed by atoms with Crippen molar-refractivity contribution >= 4 is 22.7 Å². The molecule has 1 aromatic carbocycles. The number of aromatic nitrogens is 1. The first-order valence-corrected chi connectivity index (χ1v) is 8.60. The molecule has 0 fully saturated rings. The van der Waals surface area contributed by atoms with Crippen molar-refractivity contribution in [2.24, 2.45) is 5.10 Å². The van der Waals surface area contributed by atoms with Crippen molar-refractivity contribution in [3.8, 4) is 0 Å². The highest BCUT2D eigenvalue weighted by Crippen LogP contribution is 2.32. The molecule has 1 aromatic heterocycles. The number of allylic oxidation sites excluding steroid dienone is 3. The van der Waals surface area contributed by atoms with E-state index in [1.165, 1.54) is 5.71 Å². The molecule has 0 radical (unpaired) electrons. The van der Waals surface area contributed by atoms with Gasteiger partial charge in [-0.2, -0.15) is 0 Å². The van der Waals surface area contributed by atoms with Gasteiger partial charge in [0.15, 0.2) is 12.3 Å². The lowest BCUT2D eigenvalue weighted by molar-refractivity contribution is -0.521. The smallest absolute Gasteiger partial charge is 0.219 e. The number of hydrogen-bond acceptors (Lipinski definition) is 4. The summed E-state index contributed by atoms with van der Waals surface area (Å²) in [6, 6.07) is 13.8. The molecule has 2 aliphatic rings. The number of anilines is 1. The summed E-state index contributed by atoms with van der Waals surface area (Å²) in [5.41, 5.74) is 13.1. The Bertz CT molecular complexity index is 911. The van der Waals surface area contributed by atoms with Gasteiger partial charge in [-0.05, 0) is 23.8 Å². The van der Waals surface area contributed by atoms with Gasteiger partial charge in [-0.1, -0.05) is 41.6 Å². The third-order valence-corrected chi connectivity index (χ3v) is 4.47. The molecule has 3 N–H and O–H groups in total. The fourth-order valence-corrected chi connectivity index (χ4v) is 3.39. The molecule has 0 aliphatic carbocycles. The van der Waals surface area contributed by atoms with Crippen LogP contribution < -0.4 is 5.73 Å². The average Bonchev–Trinajstić information content (AvgIpc) is 3.28. The summed E-state index contributed by atoms with van der Waals surface area (Å²) in [4.78, 5) is 4.50. The maximum Gasteiger partial charge on any atom is 0.219 e. The number of hydrogen-bond donors (Lipinski definition) is 2. The quantitative estimate of drug-likeness (QED) is 0.662. The van der Waals surface area contributed by atoms with Crippen molar-refractivity contribution < 1.29 is 9.79 Å². The van der Waals surface area contributed by atoms with Crippen molar-refractivity contribution in [3.05, 3.63) is 78.1 Å². The number of benzene rings is 1. The predicted molar refractivity (Wildman–Crippen MR) is 106 cm³/mol. The maximum atomic E-state index is 7.00. The van der Waals surface area contributed by atoms with Crippen LogP contribution in [0.25, 0.3) is 5.57 Å². The van der Waals surface area contributed by atoms with Crippen molar-refractivity contribution in [3.63, 3.8) is 0 Å². The van der Waals surface area contributed by atoms with Gasteiger partial charge in [0.2, 0.25) is 5.71 Å². The molecule has 0 spiro atoms. The highest BCUT2D eigenvalue weighted by Gasteiger charge is 2.39. The van der Waals surface area contributed by atoms with Gasteiger partial charge in [0.05, 0.1) is 11.3 Å². The van der Waals surface area contributed by atoms with Crippen LogP contribution in [-0.2, 0) is 0 Å². The Morgan fingerprint density at radius 1 is 1.19 bits per heavy atom. The van der Waals surface area contributed by atoms with Gasteiger partial charge in [0.1, 0.15) is 0 Å². The lowest BCUT2D eigenvalue weighted by Crippen LogP contribution is -2.13. The number of pyridine rings is 1. The second kappa shape index (κ2) is 7.89. The van der Waals surface area contributed by atoms with E-state index in [0.717, 1.165) is 60.3 Å². The number of aliphatic hydroxyl groups is 1. The minimum Gasteiger partial charge on any atom is -0.400 e. The average molecular weight is 347 g/mol. The summed E-state index contributed by atoms with van der Waals surface area (Å²) < 4.78 is 2.10. The van der Waals surface area contributed by atoms with E-state index in [1.807, 2.05) is 48.5 Å². The highest BCUT2D eigenvalue weighted by molar-refractivity contribution is 6.34. The monoisotopic (exact) mass is 347 g/mol. The van der Waals surface area contributed by atoms with Gasteiger partial charge >= 0.3 is 0 Å². The van der Waals surface area contributed by atoms with Crippen LogP contribution in [0.15, 0.2) is 72.0 Å². The zero-order valence-electron chi connectivity index (χ0n) is 14.9. The Morgan fingerprint density at radius 2 is 1.96 bits per heavy atom. The number of nitrogens with two attached hydrogens (primary N) is 1. The lowest BCUT2D eigenvalue weighted by Gasteiger charge is -2.10. The number of rotatable bonds is 3. The van der Waals surface area contributed by atoms with Crippen molar-refractivity contribution in [1.82, 2.24) is 4.98 Å². The van der Waals surface area contributed by atoms with Crippen LogP contribution >= 0.6 is 0 Å². The topological polar surface area (TPSA) is 74.5 Å². The van der Waals surface area contributed by atoms with Gasteiger partial charge in [-0.3, -0.25) is 4.98 Å². The fourth-order valence-electron chi connectivity index (χ4n) is 3.39. The van der Waals surface area contributed by atoms with Crippen molar-refractivity contribution in [2.75, 3.05) is 19.4 Å². The molecule has 132 valence electrons. The lowest BCUT2D eigenvalue weighted by atomic mass is 9.90. The number of nitrogens with zero attached hydrogens (tertiary/aromatic N) is 3. The maximum absolute atomic E-state index is 7.00. The standard InChI is InChI=1S/C20H18N4.CH4O/c1-2-14(15-8-3-4-9-16(15)21)19-18-11-7-13-24(18)23-20(19)17-10-5-6-12-22-17;1-2/h2-6,8-10,12,21H,1,7,11,13H2;2H,1H3/p+1. The molecule has 0 bridgehead atoms.